The molecule has 4 heteroatoms. The third kappa shape index (κ3) is 4.76. The average molecular weight is 393 g/mol. The average Bonchev–Trinajstić information content (AvgIpc) is 2.79. The second kappa shape index (κ2) is 9.84. The fourth-order valence-electron chi connectivity index (χ4n) is 4.40. The molecule has 2 aromatic carbocycles. The van der Waals surface area contributed by atoms with Gasteiger partial charge in [-0.15, -0.1) is 0 Å². The maximum absolute atomic E-state index is 13.2. The topological polar surface area (TPSA) is 40.6 Å². The minimum atomic E-state index is -0.730. The van der Waals surface area contributed by atoms with Gasteiger partial charge in [0, 0.05) is 38.2 Å². The van der Waals surface area contributed by atoms with Crippen molar-refractivity contribution in [1.29, 1.82) is 0 Å². The van der Waals surface area contributed by atoms with E-state index < -0.39 is 5.54 Å². The lowest BCUT2D eigenvalue weighted by Crippen LogP contribution is -2.62. The molecule has 0 unspecified atom stereocenters. The number of hydrogen-bond donors (Lipinski definition) is 0. The molecule has 0 N–H and O–H groups in total. The first-order chi connectivity index (χ1) is 14.1. The molecule has 0 bridgehead atoms. The largest absolute Gasteiger partial charge is 0.303 e. The zero-order valence-electron chi connectivity index (χ0n) is 17.6. The number of nitrogens with zero attached hydrogens (tertiary/aromatic N) is 2. The Kier molecular flexibility index (Phi) is 7.21. The molecule has 0 spiro atoms. The SMILES string of the molecule is CCC(=O)N(c1ccccc1)C1(C(=O)CC)CCN(CCc2ccccc2)CC1. The van der Waals surface area contributed by atoms with Crippen LogP contribution in [0.25, 0.3) is 0 Å². The molecular formula is C25H32N2O2. The van der Waals surface area contributed by atoms with Gasteiger partial charge in [0.05, 0.1) is 0 Å². The van der Waals surface area contributed by atoms with E-state index in [4.69, 9.17) is 0 Å². The van der Waals surface area contributed by atoms with Crippen molar-refractivity contribution in [1.82, 2.24) is 4.90 Å². The van der Waals surface area contributed by atoms with Crippen molar-refractivity contribution in [3.05, 3.63) is 66.2 Å². The smallest absolute Gasteiger partial charge is 0.227 e. The number of rotatable bonds is 8. The fraction of sp³-hybridized carbons (Fsp3) is 0.440. The van der Waals surface area contributed by atoms with Gasteiger partial charge in [0.25, 0.3) is 0 Å². The van der Waals surface area contributed by atoms with Gasteiger partial charge < -0.3 is 4.90 Å². The van der Waals surface area contributed by atoms with Crippen LogP contribution < -0.4 is 4.90 Å². The number of Topliss-reactive ketones (excluding diaryl/α,β-unsaturated/α-hetero) is 1. The summed E-state index contributed by atoms with van der Waals surface area (Å²) in [5.41, 5.74) is 1.44. The molecule has 0 aromatic heterocycles. The Bertz CT molecular complexity index is 796. The van der Waals surface area contributed by atoms with Crippen LogP contribution in [0.5, 0.6) is 0 Å². The maximum Gasteiger partial charge on any atom is 0.227 e. The van der Waals surface area contributed by atoms with E-state index in [2.05, 4.69) is 29.2 Å². The highest BCUT2D eigenvalue weighted by Gasteiger charge is 2.47. The summed E-state index contributed by atoms with van der Waals surface area (Å²) in [6, 6.07) is 20.2. The van der Waals surface area contributed by atoms with Gasteiger partial charge >= 0.3 is 0 Å². The maximum atomic E-state index is 13.2. The fourth-order valence-corrected chi connectivity index (χ4v) is 4.40. The molecule has 1 amide bonds. The molecule has 0 atom stereocenters. The summed E-state index contributed by atoms with van der Waals surface area (Å²) in [5, 5.41) is 0. The summed E-state index contributed by atoms with van der Waals surface area (Å²) in [7, 11) is 0. The van der Waals surface area contributed by atoms with Gasteiger partial charge in [0.2, 0.25) is 5.91 Å². The lowest BCUT2D eigenvalue weighted by molar-refractivity contribution is -0.130. The van der Waals surface area contributed by atoms with E-state index in [1.54, 1.807) is 0 Å². The van der Waals surface area contributed by atoms with E-state index in [0.717, 1.165) is 31.7 Å². The summed E-state index contributed by atoms with van der Waals surface area (Å²) in [6.07, 6.45) is 3.23. The van der Waals surface area contributed by atoms with Gasteiger partial charge in [-0.05, 0) is 37.0 Å². The highest BCUT2D eigenvalue weighted by molar-refractivity contribution is 6.04. The van der Waals surface area contributed by atoms with Gasteiger partial charge in [-0.1, -0.05) is 62.4 Å². The van der Waals surface area contributed by atoms with Gasteiger partial charge in [-0.2, -0.15) is 0 Å². The predicted molar refractivity (Wildman–Crippen MR) is 118 cm³/mol. The van der Waals surface area contributed by atoms with Crippen molar-refractivity contribution >= 4 is 17.4 Å². The third-order valence-electron chi connectivity index (χ3n) is 6.08. The first-order valence-electron chi connectivity index (χ1n) is 10.8. The van der Waals surface area contributed by atoms with Gasteiger partial charge in [-0.25, -0.2) is 0 Å². The summed E-state index contributed by atoms with van der Waals surface area (Å²) in [4.78, 5) is 30.4. The lowest BCUT2D eigenvalue weighted by Gasteiger charge is -2.47. The number of carbonyl (C=O) groups excluding carboxylic acids is 2. The van der Waals surface area contributed by atoms with E-state index in [-0.39, 0.29) is 11.7 Å². The van der Waals surface area contributed by atoms with E-state index in [0.29, 0.717) is 25.7 Å². The van der Waals surface area contributed by atoms with Crippen LogP contribution in [0.15, 0.2) is 60.7 Å². The number of likely N-dealkylation sites (tertiary alicyclic amines) is 1. The third-order valence-corrected chi connectivity index (χ3v) is 6.08. The van der Waals surface area contributed by atoms with E-state index in [1.165, 1.54) is 5.56 Å². The zero-order chi connectivity index (χ0) is 20.7. The Morgan fingerprint density at radius 2 is 1.48 bits per heavy atom. The van der Waals surface area contributed by atoms with Crippen LogP contribution >= 0.6 is 0 Å². The molecule has 1 fully saturated rings. The quantitative estimate of drug-likeness (QED) is 0.665. The standard InChI is InChI=1S/C25H32N2O2/c1-3-23(28)25(27(24(29)4-2)22-13-9-6-10-14-22)16-19-26(20-17-25)18-15-21-11-7-5-8-12-21/h5-14H,3-4,15-20H2,1-2H3. The molecule has 3 rings (SSSR count). The van der Waals surface area contributed by atoms with Crippen molar-refractivity contribution < 1.29 is 9.59 Å². The van der Waals surface area contributed by atoms with Crippen LogP contribution in [-0.4, -0.2) is 41.8 Å². The summed E-state index contributed by atoms with van der Waals surface area (Å²) in [5.74, 6) is 0.196. The number of anilines is 1. The van der Waals surface area contributed by atoms with Crippen molar-refractivity contribution in [3.63, 3.8) is 0 Å². The van der Waals surface area contributed by atoms with Crippen molar-refractivity contribution in [3.8, 4) is 0 Å². The van der Waals surface area contributed by atoms with E-state index in [1.807, 2.05) is 55.1 Å². The molecule has 0 radical (unpaired) electrons. The Hall–Kier alpha value is -2.46. The number of benzene rings is 2. The van der Waals surface area contributed by atoms with Crippen LogP contribution in [0.3, 0.4) is 0 Å². The number of hydrogen-bond acceptors (Lipinski definition) is 3. The minimum Gasteiger partial charge on any atom is -0.303 e. The molecule has 4 nitrogen and oxygen atoms in total. The normalized spacial score (nSPS) is 16.3. The number of piperidine rings is 1. The number of amides is 1. The summed E-state index contributed by atoms with van der Waals surface area (Å²) >= 11 is 0. The molecule has 1 heterocycles. The van der Waals surface area contributed by atoms with Gasteiger partial charge in [0.1, 0.15) is 5.54 Å². The Balaban J connectivity index is 1.79. The molecule has 1 aliphatic heterocycles. The molecule has 1 aliphatic rings. The van der Waals surface area contributed by atoms with Crippen molar-refractivity contribution in [2.24, 2.45) is 0 Å². The first-order valence-corrected chi connectivity index (χ1v) is 10.8. The Morgan fingerprint density at radius 1 is 0.897 bits per heavy atom. The highest BCUT2D eigenvalue weighted by Crippen LogP contribution is 2.36. The summed E-state index contributed by atoms with van der Waals surface area (Å²) < 4.78 is 0. The van der Waals surface area contributed by atoms with E-state index in [9.17, 15) is 9.59 Å². The van der Waals surface area contributed by atoms with Gasteiger partial charge in [-0.3, -0.25) is 14.5 Å². The summed E-state index contributed by atoms with van der Waals surface area (Å²) in [6.45, 7) is 6.42. The molecular weight excluding hydrogens is 360 g/mol. The second-order valence-corrected chi connectivity index (χ2v) is 7.80. The Morgan fingerprint density at radius 3 is 2.03 bits per heavy atom. The first kappa shape index (κ1) is 21.3. The van der Waals surface area contributed by atoms with Crippen LogP contribution in [0, 0.1) is 0 Å². The van der Waals surface area contributed by atoms with Crippen LogP contribution in [0.2, 0.25) is 0 Å². The predicted octanol–water partition coefficient (Wildman–Crippen LogP) is 4.49. The number of para-hydroxylation sites is 1. The van der Waals surface area contributed by atoms with E-state index >= 15 is 0 Å². The van der Waals surface area contributed by atoms with Gasteiger partial charge in [0.15, 0.2) is 5.78 Å². The van der Waals surface area contributed by atoms with Crippen LogP contribution in [0.4, 0.5) is 5.69 Å². The zero-order valence-corrected chi connectivity index (χ0v) is 17.6. The molecule has 1 saturated heterocycles. The van der Waals surface area contributed by atoms with Crippen molar-refractivity contribution in [2.45, 2.75) is 51.5 Å². The second-order valence-electron chi connectivity index (χ2n) is 7.80. The molecule has 2 aromatic rings. The molecule has 29 heavy (non-hydrogen) atoms. The van der Waals surface area contributed by atoms with Crippen LogP contribution in [-0.2, 0) is 16.0 Å². The molecule has 0 aliphatic carbocycles. The highest BCUT2D eigenvalue weighted by atomic mass is 16.2. The number of carbonyl (C=O) groups is 2. The monoisotopic (exact) mass is 392 g/mol. The Labute approximate surface area is 174 Å². The molecule has 0 saturated carbocycles. The van der Waals surface area contributed by atoms with Crippen molar-refractivity contribution in [2.75, 3.05) is 24.5 Å². The molecule has 154 valence electrons. The van der Waals surface area contributed by atoms with Crippen LogP contribution in [0.1, 0.15) is 45.1 Å². The minimum absolute atomic E-state index is 0.0238. The number of ketones is 1. The lowest BCUT2D eigenvalue weighted by atomic mass is 9.79.